The molecule has 1 saturated heterocycles. The van der Waals surface area contributed by atoms with Crippen molar-refractivity contribution in [2.75, 3.05) is 46.4 Å². The predicted octanol–water partition coefficient (Wildman–Crippen LogP) is -0.0620. The molecule has 1 N–H and O–H groups in total. The van der Waals surface area contributed by atoms with Gasteiger partial charge in [-0.3, -0.25) is 9.69 Å². The summed E-state index contributed by atoms with van der Waals surface area (Å²) < 4.78 is 4.90. The maximum atomic E-state index is 11.7. The van der Waals surface area contributed by atoms with Crippen molar-refractivity contribution in [2.24, 2.45) is 0 Å². The van der Waals surface area contributed by atoms with Crippen LogP contribution in [-0.2, 0) is 9.53 Å². The Morgan fingerprint density at radius 3 is 2.53 bits per heavy atom. The first-order valence-electron chi connectivity index (χ1n) is 6.34. The Morgan fingerprint density at radius 2 is 2.00 bits per heavy atom. The summed E-state index contributed by atoms with van der Waals surface area (Å²) >= 11 is 0. The summed E-state index contributed by atoms with van der Waals surface area (Å²) in [4.78, 5) is 15.8. The largest absolute Gasteiger partial charge is 0.392 e. The van der Waals surface area contributed by atoms with Crippen molar-refractivity contribution in [1.29, 1.82) is 0 Å². The first-order chi connectivity index (χ1) is 8.17. The molecule has 0 saturated carbocycles. The highest BCUT2D eigenvalue weighted by molar-refractivity contribution is 5.76. The quantitative estimate of drug-likeness (QED) is 0.711. The number of aliphatic hydroxyl groups is 1. The monoisotopic (exact) mass is 244 g/mol. The molecule has 1 atom stereocenters. The average Bonchev–Trinajstić information content (AvgIpc) is 2.36. The Labute approximate surface area is 103 Å². The molecule has 1 heterocycles. The number of piperazine rings is 1. The lowest BCUT2D eigenvalue weighted by atomic mass is 10.2. The first kappa shape index (κ1) is 14.4. The van der Waals surface area contributed by atoms with E-state index in [0.717, 1.165) is 39.1 Å². The zero-order chi connectivity index (χ0) is 12.7. The van der Waals surface area contributed by atoms with Gasteiger partial charge in [-0.25, -0.2) is 0 Å². The van der Waals surface area contributed by atoms with E-state index in [9.17, 15) is 9.90 Å². The standard InChI is InChI=1S/C12H24N2O3/c1-3-11(15)10-13-5-7-14(8-6-13)12(16)4-9-17-2/h11,15H,3-10H2,1-2H3/t11-/m0/s1. The molecule has 5 nitrogen and oxygen atoms in total. The number of carbonyl (C=O) groups is 1. The molecule has 1 aliphatic heterocycles. The van der Waals surface area contributed by atoms with Crippen LogP contribution in [0.4, 0.5) is 0 Å². The van der Waals surface area contributed by atoms with Gasteiger partial charge in [-0.2, -0.15) is 0 Å². The maximum Gasteiger partial charge on any atom is 0.224 e. The molecule has 0 aliphatic carbocycles. The van der Waals surface area contributed by atoms with Gasteiger partial charge in [0.2, 0.25) is 5.91 Å². The summed E-state index contributed by atoms with van der Waals surface area (Å²) in [7, 11) is 1.61. The molecule has 0 unspecified atom stereocenters. The summed E-state index contributed by atoms with van der Waals surface area (Å²) in [5, 5.41) is 9.56. The maximum absolute atomic E-state index is 11.7. The van der Waals surface area contributed by atoms with Gasteiger partial charge in [0.1, 0.15) is 0 Å². The fourth-order valence-corrected chi connectivity index (χ4v) is 1.95. The van der Waals surface area contributed by atoms with Gasteiger partial charge in [0.05, 0.1) is 19.1 Å². The number of nitrogens with zero attached hydrogens (tertiary/aromatic N) is 2. The van der Waals surface area contributed by atoms with E-state index < -0.39 is 0 Å². The Balaban J connectivity index is 2.23. The van der Waals surface area contributed by atoms with E-state index in [1.165, 1.54) is 0 Å². The molecule has 1 rings (SSSR count). The second-order valence-electron chi connectivity index (χ2n) is 4.49. The van der Waals surface area contributed by atoms with Gasteiger partial charge in [-0.15, -0.1) is 0 Å². The van der Waals surface area contributed by atoms with Crippen LogP contribution in [0.1, 0.15) is 19.8 Å². The van der Waals surface area contributed by atoms with E-state index in [1.54, 1.807) is 7.11 Å². The van der Waals surface area contributed by atoms with Crippen LogP contribution in [0.3, 0.4) is 0 Å². The highest BCUT2D eigenvalue weighted by atomic mass is 16.5. The molecule has 5 heteroatoms. The summed E-state index contributed by atoms with van der Waals surface area (Å²) in [5.41, 5.74) is 0. The summed E-state index contributed by atoms with van der Waals surface area (Å²) in [5.74, 6) is 0.169. The van der Waals surface area contributed by atoms with Crippen molar-refractivity contribution in [3.63, 3.8) is 0 Å². The minimum absolute atomic E-state index is 0.169. The third-order valence-corrected chi connectivity index (χ3v) is 3.19. The Bertz CT molecular complexity index is 228. The number of hydrogen-bond acceptors (Lipinski definition) is 4. The van der Waals surface area contributed by atoms with E-state index in [4.69, 9.17) is 4.74 Å². The molecule has 1 fully saturated rings. The minimum Gasteiger partial charge on any atom is -0.392 e. The molecule has 17 heavy (non-hydrogen) atoms. The number of hydrogen-bond donors (Lipinski definition) is 1. The Kier molecular flexibility index (Phi) is 6.47. The van der Waals surface area contributed by atoms with Crippen LogP contribution in [0.2, 0.25) is 0 Å². The topological polar surface area (TPSA) is 53.0 Å². The number of rotatable bonds is 6. The zero-order valence-electron chi connectivity index (χ0n) is 10.9. The normalized spacial score (nSPS) is 19.4. The van der Waals surface area contributed by atoms with Crippen LogP contribution >= 0.6 is 0 Å². The highest BCUT2D eigenvalue weighted by Crippen LogP contribution is 2.05. The highest BCUT2D eigenvalue weighted by Gasteiger charge is 2.21. The van der Waals surface area contributed by atoms with Crippen molar-refractivity contribution >= 4 is 5.91 Å². The second kappa shape index (κ2) is 7.63. The van der Waals surface area contributed by atoms with Crippen LogP contribution in [0.5, 0.6) is 0 Å². The van der Waals surface area contributed by atoms with Crippen molar-refractivity contribution in [1.82, 2.24) is 9.80 Å². The van der Waals surface area contributed by atoms with E-state index in [2.05, 4.69) is 4.90 Å². The molecule has 0 bridgehead atoms. The van der Waals surface area contributed by atoms with E-state index >= 15 is 0 Å². The Morgan fingerprint density at radius 1 is 1.35 bits per heavy atom. The Hall–Kier alpha value is -0.650. The molecule has 0 spiro atoms. The number of β-amino-alcohol motifs (C(OH)–C–C–N with tert-alkyl or cyclic N) is 1. The average molecular weight is 244 g/mol. The number of ether oxygens (including phenoxy) is 1. The van der Waals surface area contributed by atoms with Crippen molar-refractivity contribution < 1.29 is 14.6 Å². The summed E-state index contributed by atoms with van der Waals surface area (Å²) in [6.07, 6.45) is 1.01. The molecule has 0 radical (unpaired) electrons. The van der Waals surface area contributed by atoms with Crippen LogP contribution in [0.15, 0.2) is 0 Å². The third-order valence-electron chi connectivity index (χ3n) is 3.19. The lowest BCUT2D eigenvalue weighted by Crippen LogP contribution is -2.50. The van der Waals surface area contributed by atoms with E-state index in [1.807, 2.05) is 11.8 Å². The molecular weight excluding hydrogens is 220 g/mol. The number of aliphatic hydroxyl groups excluding tert-OH is 1. The van der Waals surface area contributed by atoms with Crippen molar-refractivity contribution in [3.05, 3.63) is 0 Å². The third kappa shape index (κ3) is 5.02. The van der Waals surface area contributed by atoms with Gasteiger partial charge in [-0.05, 0) is 6.42 Å². The summed E-state index contributed by atoms with van der Waals surface area (Å²) in [6.45, 7) is 6.43. The van der Waals surface area contributed by atoms with Gasteiger partial charge >= 0.3 is 0 Å². The molecular formula is C12H24N2O3. The van der Waals surface area contributed by atoms with Crippen LogP contribution < -0.4 is 0 Å². The van der Waals surface area contributed by atoms with E-state index in [0.29, 0.717) is 13.0 Å². The molecule has 1 amide bonds. The van der Waals surface area contributed by atoms with Crippen molar-refractivity contribution in [2.45, 2.75) is 25.9 Å². The zero-order valence-corrected chi connectivity index (χ0v) is 10.9. The van der Waals surface area contributed by atoms with Gasteiger partial charge in [0.25, 0.3) is 0 Å². The van der Waals surface area contributed by atoms with Gasteiger partial charge < -0.3 is 14.7 Å². The molecule has 0 aromatic rings. The lowest BCUT2D eigenvalue weighted by Gasteiger charge is -2.35. The van der Waals surface area contributed by atoms with Gasteiger partial charge in [0, 0.05) is 39.8 Å². The fraction of sp³-hybridized carbons (Fsp3) is 0.917. The molecule has 0 aromatic carbocycles. The summed E-state index contributed by atoms with van der Waals surface area (Å²) in [6, 6.07) is 0. The van der Waals surface area contributed by atoms with Gasteiger partial charge in [0.15, 0.2) is 0 Å². The number of amides is 1. The number of carbonyl (C=O) groups excluding carboxylic acids is 1. The van der Waals surface area contributed by atoms with Crippen molar-refractivity contribution in [3.8, 4) is 0 Å². The molecule has 100 valence electrons. The van der Waals surface area contributed by atoms with Gasteiger partial charge in [-0.1, -0.05) is 6.92 Å². The van der Waals surface area contributed by atoms with E-state index in [-0.39, 0.29) is 12.0 Å². The minimum atomic E-state index is -0.245. The number of methoxy groups -OCH3 is 1. The lowest BCUT2D eigenvalue weighted by molar-refractivity contribution is -0.134. The molecule has 1 aliphatic rings. The SMILES string of the molecule is CC[C@H](O)CN1CCN(C(=O)CCOC)CC1. The van der Waals surface area contributed by atoms with Crippen LogP contribution in [0, 0.1) is 0 Å². The predicted molar refractivity (Wildman–Crippen MR) is 65.8 cm³/mol. The smallest absolute Gasteiger partial charge is 0.224 e. The first-order valence-corrected chi connectivity index (χ1v) is 6.34. The van der Waals surface area contributed by atoms with Crippen LogP contribution in [-0.4, -0.2) is 73.4 Å². The molecule has 0 aromatic heterocycles. The fourth-order valence-electron chi connectivity index (χ4n) is 1.95. The van der Waals surface area contributed by atoms with Crippen LogP contribution in [0.25, 0.3) is 0 Å². The second-order valence-corrected chi connectivity index (χ2v) is 4.49.